The lowest BCUT2D eigenvalue weighted by atomic mass is 10.2. The Morgan fingerprint density at radius 3 is 2.60 bits per heavy atom. The predicted octanol–water partition coefficient (Wildman–Crippen LogP) is 2.06. The number of hydrogen-bond donors (Lipinski definition) is 2. The molecule has 0 bridgehead atoms. The van der Waals surface area contributed by atoms with E-state index in [0.29, 0.717) is 12.2 Å². The molecule has 1 aromatic rings. The van der Waals surface area contributed by atoms with Crippen molar-refractivity contribution in [1.29, 1.82) is 0 Å². The minimum absolute atomic E-state index is 0.287. The van der Waals surface area contributed by atoms with E-state index in [1.807, 2.05) is 19.2 Å². The highest BCUT2D eigenvalue weighted by atomic mass is 32.2. The molecule has 0 unspecified atom stereocenters. The van der Waals surface area contributed by atoms with Crippen LogP contribution < -0.4 is 9.44 Å². The lowest BCUT2D eigenvalue weighted by molar-refractivity contribution is 0.0526. The Hall–Kier alpha value is -1.20. The zero-order chi connectivity index (χ0) is 11.1. The number of hydrogen-bond acceptors (Lipinski definition) is 5. The van der Waals surface area contributed by atoms with Gasteiger partial charge >= 0.3 is 5.97 Å². The van der Waals surface area contributed by atoms with Crippen molar-refractivity contribution in [2.45, 2.75) is 6.92 Å². The molecule has 5 heteroatoms. The van der Waals surface area contributed by atoms with Gasteiger partial charge in [0.1, 0.15) is 0 Å². The van der Waals surface area contributed by atoms with Crippen molar-refractivity contribution in [1.82, 2.24) is 4.72 Å². The Balaban J connectivity index is 2.59. The average Bonchev–Trinajstić information content (AvgIpc) is 2.27. The van der Waals surface area contributed by atoms with E-state index in [-0.39, 0.29) is 5.97 Å². The fraction of sp³-hybridized carbons (Fsp3) is 0.300. The third-order valence-corrected chi connectivity index (χ3v) is 2.21. The van der Waals surface area contributed by atoms with Crippen molar-refractivity contribution in [3.63, 3.8) is 0 Å². The van der Waals surface area contributed by atoms with Crippen molar-refractivity contribution >= 4 is 23.8 Å². The van der Waals surface area contributed by atoms with Crippen molar-refractivity contribution < 1.29 is 9.53 Å². The fourth-order valence-electron chi connectivity index (χ4n) is 0.999. The number of carbonyl (C=O) groups excluding carboxylic acids is 1. The molecule has 0 saturated heterocycles. The summed E-state index contributed by atoms with van der Waals surface area (Å²) in [4.78, 5) is 11.3. The van der Waals surface area contributed by atoms with Crippen molar-refractivity contribution in [2.75, 3.05) is 18.4 Å². The second-order valence-corrected chi connectivity index (χ2v) is 3.52. The highest BCUT2D eigenvalue weighted by Crippen LogP contribution is 2.12. The fourth-order valence-corrected chi connectivity index (χ4v) is 1.35. The van der Waals surface area contributed by atoms with Crippen LogP contribution in [0.1, 0.15) is 17.3 Å². The molecule has 0 amide bonds. The second kappa shape index (κ2) is 6.31. The van der Waals surface area contributed by atoms with Gasteiger partial charge in [0.2, 0.25) is 0 Å². The van der Waals surface area contributed by atoms with E-state index in [0.717, 1.165) is 5.69 Å². The first kappa shape index (κ1) is 11.9. The number of rotatable bonds is 5. The number of nitrogens with one attached hydrogen (secondary N) is 2. The average molecular weight is 226 g/mol. The highest BCUT2D eigenvalue weighted by molar-refractivity contribution is 7.98. The first-order valence-electron chi connectivity index (χ1n) is 4.63. The van der Waals surface area contributed by atoms with Gasteiger partial charge < -0.3 is 9.46 Å². The molecule has 1 rings (SSSR count). The van der Waals surface area contributed by atoms with Gasteiger partial charge in [-0.1, -0.05) is 0 Å². The Kier molecular flexibility index (Phi) is 5.00. The summed E-state index contributed by atoms with van der Waals surface area (Å²) in [7, 11) is 1.82. The van der Waals surface area contributed by atoms with Crippen LogP contribution in [0.3, 0.4) is 0 Å². The third-order valence-electron chi connectivity index (χ3n) is 1.67. The normalized spacial score (nSPS) is 9.73. The molecule has 0 radical (unpaired) electrons. The topological polar surface area (TPSA) is 50.4 Å². The number of carbonyl (C=O) groups is 1. The molecule has 2 N–H and O–H groups in total. The molecule has 0 aliphatic carbocycles. The van der Waals surface area contributed by atoms with E-state index in [1.165, 1.54) is 12.1 Å². The van der Waals surface area contributed by atoms with Gasteiger partial charge in [-0.2, -0.15) is 0 Å². The molecule has 82 valence electrons. The SMILES string of the molecule is CCOC(=O)c1ccc(NSNC)cc1. The van der Waals surface area contributed by atoms with Gasteiger partial charge in [-0.3, -0.25) is 0 Å². The third kappa shape index (κ3) is 3.81. The number of benzene rings is 1. The van der Waals surface area contributed by atoms with Crippen LogP contribution in [0.5, 0.6) is 0 Å². The van der Waals surface area contributed by atoms with Crippen molar-refractivity contribution in [3.8, 4) is 0 Å². The molecule has 0 aliphatic heterocycles. The molecule has 0 aromatic heterocycles. The lowest BCUT2D eigenvalue weighted by Crippen LogP contribution is -2.04. The van der Waals surface area contributed by atoms with Crippen LogP contribution in [0, 0.1) is 0 Å². The Morgan fingerprint density at radius 2 is 2.07 bits per heavy atom. The minimum Gasteiger partial charge on any atom is -0.462 e. The summed E-state index contributed by atoms with van der Waals surface area (Å²) >= 11 is 1.37. The molecular formula is C10H14N2O2S. The monoisotopic (exact) mass is 226 g/mol. The Labute approximate surface area is 93.7 Å². The molecule has 0 atom stereocenters. The highest BCUT2D eigenvalue weighted by Gasteiger charge is 2.04. The van der Waals surface area contributed by atoms with Crippen molar-refractivity contribution in [3.05, 3.63) is 29.8 Å². The second-order valence-electron chi connectivity index (χ2n) is 2.71. The van der Waals surface area contributed by atoms with Gasteiger partial charge in [-0.25, -0.2) is 9.52 Å². The van der Waals surface area contributed by atoms with Crippen LogP contribution in [0.15, 0.2) is 24.3 Å². The molecular weight excluding hydrogens is 212 g/mol. The first-order valence-corrected chi connectivity index (χ1v) is 5.45. The van der Waals surface area contributed by atoms with Crippen LogP contribution >= 0.6 is 12.1 Å². The maximum Gasteiger partial charge on any atom is 0.338 e. The summed E-state index contributed by atoms with van der Waals surface area (Å²) in [5.41, 5.74) is 1.50. The molecule has 0 aliphatic rings. The number of anilines is 1. The maximum atomic E-state index is 11.3. The number of esters is 1. The maximum absolute atomic E-state index is 11.3. The molecule has 1 aromatic carbocycles. The van der Waals surface area contributed by atoms with E-state index in [4.69, 9.17) is 4.74 Å². The molecule has 4 nitrogen and oxygen atoms in total. The molecule has 0 saturated carbocycles. The van der Waals surface area contributed by atoms with Crippen LogP contribution in [0.2, 0.25) is 0 Å². The number of ether oxygens (including phenoxy) is 1. The predicted molar refractivity (Wildman–Crippen MR) is 62.7 cm³/mol. The zero-order valence-electron chi connectivity index (χ0n) is 8.74. The Bertz CT molecular complexity index is 314. The van der Waals surface area contributed by atoms with E-state index >= 15 is 0 Å². The van der Waals surface area contributed by atoms with E-state index < -0.39 is 0 Å². The molecule has 0 fully saturated rings. The Morgan fingerprint density at radius 1 is 1.40 bits per heavy atom. The first-order chi connectivity index (χ1) is 7.27. The van der Waals surface area contributed by atoms with Gasteiger partial charge in [-0.05, 0) is 38.2 Å². The van der Waals surface area contributed by atoms with Crippen LogP contribution in [-0.2, 0) is 4.74 Å². The van der Waals surface area contributed by atoms with Crippen LogP contribution in [0.4, 0.5) is 5.69 Å². The largest absolute Gasteiger partial charge is 0.462 e. The van der Waals surface area contributed by atoms with Gasteiger partial charge in [0.05, 0.1) is 12.2 Å². The summed E-state index contributed by atoms with van der Waals surface area (Å²) in [5, 5.41) is 0. The van der Waals surface area contributed by atoms with E-state index in [9.17, 15) is 4.79 Å². The van der Waals surface area contributed by atoms with Crippen LogP contribution in [0.25, 0.3) is 0 Å². The van der Waals surface area contributed by atoms with Gasteiger partial charge in [0, 0.05) is 17.8 Å². The van der Waals surface area contributed by atoms with Crippen molar-refractivity contribution in [2.24, 2.45) is 0 Å². The minimum atomic E-state index is -0.287. The standard InChI is InChI=1S/C10H14N2O2S/c1-3-14-10(13)8-4-6-9(7-5-8)12-15-11-2/h4-7,11-12H,3H2,1-2H3. The van der Waals surface area contributed by atoms with Gasteiger partial charge in [0.15, 0.2) is 0 Å². The smallest absolute Gasteiger partial charge is 0.338 e. The molecule has 0 spiro atoms. The molecule has 0 heterocycles. The molecule has 15 heavy (non-hydrogen) atoms. The van der Waals surface area contributed by atoms with Crippen LogP contribution in [-0.4, -0.2) is 19.6 Å². The lowest BCUT2D eigenvalue weighted by Gasteiger charge is -2.05. The van der Waals surface area contributed by atoms with E-state index in [1.54, 1.807) is 19.1 Å². The zero-order valence-corrected chi connectivity index (χ0v) is 9.56. The summed E-state index contributed by atoms with van der Waals surface area (Å²) in [6, 6.07) is 7.13. The summed E-state index contributed by atoms with van der Waals surface area (Å²) in [6.45, 7) is 2.19. The summed E-state index contributed by atoms with van der Waals surface area (Å²) < 4.78 is 10.8. The van der Waals surface area contributed by atoms with Gasteiger partial charge in [0.25, 0.3) is 0 Å². The summed E-state index contributed by atoms with van der Waals surface area (Å²) in [6.07, 6.45) is 0. The summed E-state index contributed by atoms with van der Waals surface area (Å²) in [5.74, 6) is -0.287. The van der Waals surface area contributed by atoms with E-state index in [2.05, 4.69) is 9.44 Å². The van der Waals surface area contributed by atoms with Gasteiger partial charge in [-0.15, -0.1) is 0 Å². The quantitative estimate of drug-likeness (QED) is 0.594.